The van der Waals surface area contributed by atoms with Gasteiger partial charge in [0.05, 0.1) is 0 Å². The number of hydrogen-bond acceptors (Lipinski definition) is 8. The van der Waals surface area contributed by atoms with Crippen LogP contribution in [-0.2, 0) is 19.2 Å². The zero-order chi connectivity index (χ0) is 31.9. The van der Waals surface area contributed by atoms with Gasteiger partial charge in [0.1, 0.15) is 0 Å². The summed E-state index contributed by atoms with van der Waals surface area (Å²) in [6.07, 6.45) is 9.14. The van der Waals surface area contributed by atoms with E-state index in [9.17, 15) is 5.11 Å². The Morgan fingerprint density at radius 2 is 1.36 bits per heavy atom. The standard InChI is InChI=1S/C29H28O2S6.C2H5.3CH3.2Sn/c1-13-12-36-26-21-19(31-4)10-18-17(25(21)28(32-5,33-6)22(13)26)9-16(11-30)20-24(18)29(34-7,35-8)23-14(2)15(3)37-27(20)23;1-2;;;;;/h9-10,30H,3,11H2,1-2,4-8H3;1H2,2H3;3*1H3;;. The van der Waals surface area contributed by atoms with Gasteiger partial charge in [0.15, 0.2) is 0 Å². The molecule has 1 N–H and O–H groups in total. The molecule has 0 amide bonds. The number of aliphatic hydroxyl groups excluding tert-OH is 1. The molecule has 0 aliphatic heterocycles. The Morgan fingerprint density at radius 3 is 1.89 bits per heavy atom. The summed E-state index contributed by atoms with van der Waals surface area (Å²) in [5, 5.41) is 13.7. The Morgan fingerprint density at radius 1 is 0.818 bits per heavy atom. The second kappa shape index (κ2) is 12.6. The monoisotopic (exact) mass is 914 g/mol. The minimum absolute atomic E-state index is 0.0459. The number of ether oxygens (including phenoxy) is 1. The number of thioether (sulfide) groups is 4. The van der Waals surface area contributed by atoms with Crippen LogP contribution in [-0.4, -0.2) is 76.8 Å². The predicted molar refractivity (Wildman–Crippen MR) is 211 cm³/mol. The maximum absolute atomic E-state index is 11.1. The number of methoxy groups -OCH3 is 1. The second-order valence-electron chi connectivity index (χ2n) is 12.6. The van der Waals surface area contributed by atoms with Gasteiger partial charge in [0, 0.05) is 0 Å². The molecule has 6 rings (SSSR count). The predicted octanol–water partition coefficient (Wildman–Crippen LogP) is 10.1. The third kappa shape index (κ3) is 4.67. The van der Waals surface area contributed by atoms with Crippen LogP contribution in [0.25, 0.3) is 31.7 Å². The summed E-state index contributed by atoms with van der Waals surface area (Å²) in [7, 11) is 1.86. The van der Waals surface area contributed by atoms with Crippen molar-refractivity contribution in [1.82, 2.24) is 0 Å². The number of fused-ring (bicyclic) bond motifs is 9. The average Bonchev–Trinajstić information content (AvgIpc) is 3.71. The van der Waals surface area contributed by atoms with E-state index in [0.29, 0.717) is 0 Å². The molecule has 234 valence electrons. The van der Waals surface area contributed by atoms with E-state index in [1.54, 1.807) is 7.77 Å². The van der Waals surface area contributed by atoms with Crippen LogP contribution < -0.4 is 7.63 Å². The molecule has 0 unspecified atom stereocenters. The number of rotatable bonds is 10. The van der Waals surface area contributed by atoms with E-state index in [0.717, 1.165) is 11.3 Å². The van der Waals surface area contributed by atoms with Crippen molar-refractivity contribution in [3.05, 3.63) is 56.0 Å². The van der Waals surface area contributed by atoms with Crippen molar-refractivity contribution in [2.75, 3.05) is 32.1 Å². The van der Waals surface area contributed by atoms with Crippen LogP contribution in [0.2, 0.25) is 19.3 Å². The molecule has 2 nitrogen and oxygen atoms in total. The Labute approximate surface area is 303 Å². The van der Waals surface area contributed by atoms with Crippen molar-refractivity contribution in [2.45, 2.75) is 59.2 Å². The molecular formula is C34H42O2S6Sn2. The molecule has 2 heterocycles. The van der Waals surface area contributed by atoms with Gasteiger partial charge < -0.3 is 0 Å². The molecule has 2 aromatic heterocycles. The van der Waals surface area contributed by atoms with E-state index in [1.807, 2.05) is 76.8 Å². The normalized spacial score (nSPS) is 15.9. The molecule has 0 saturated carbocycles. The third-order valence-corrected chi connectivity index (χ3v) is 31.6. The first-order chi connectivity index (χ1) is 21.0. The molecule has 10 heteroatoms. The summed E-state index contributed by atoms with van der Waals surface area (Å²) in [5.41, 5.74) is 12.4. The fraction of sp³-hybridized carbons (Fsp3) is 0.471. The number of thiophene rings is 2. The van der Waals surface area contributed by atoms with Crippen LogP contribution in [0, 0.1) is 13.8 Å². The first-order valence-electron chi connectivity index (χ1n) is 15.0. The summed E-state index contributed by atoms with van der Waals surface area (Å²) in [6, 6.07) is 4.73. The molecule has 2 aromatic carbocycles. The number of aliphatic hydroxyl groups is 1. The molecule has 4 aromatic rings. The third-order valence-electron chi connectivity index (χ3n) is 9.41. The summed E-state index contributed by atoms with van der Waals surface area (Å²) >= 11 is 9.18. The molecule has 2 radical (unpaired) electrons. The molecule has 44 heavy (non-hydrogen) atoms. The van der Waals surface area contributed by atoms with Crippen LogP contribution in [0.3, 0.4) is 0 Å². The Bertz CT molecular complexity index is 1790. The fourth-order valence-electron chi connectivity index (χ4n) is 7.60. The van der Waals surface area contributed by atoms with Crippen LogP contribution in [0.5, 0.6) is 5.75 Å². The molecule has 0 saturated heterocycles. The van der Waals surface area contributed by atoms with Gasteiger partial charge in [-0.05, 0) is 0 Å². The average molecular weight is 913 g/mol. The zero-order valence-electron chi connectivity index (χ0n) is 27.6. The van der Waals surface area contributed by atoms with Crippen molar-refractivity contribution in [2.24, 2.45) is 0 Å². The van der Waals surface area contributed by atoms with Gasteiger partial charge in [0.2, 0.25) is 0 Å². The van der Waals surface area contributed by atoms with E-state index in [1.165, 1.54) is 73.9 Å². The summed E-state index contributed by atoms with van der Waals surface area (Å²) < 4.78 is 10.3. The van der Waals surface area contributed by atoms with Crippen molar-refractivity contribution >= 4 is 123 Å². The van der Waals surface area contributed by atoms with Crippen molar-refractivity contribution < 1.29 is 9.84 Å². The first kappa shape index (κ1) is 34.7. The fourth-order valence-corrected chi connectivity index (χ4v) is 26.0. The van der Waals surface area contributed by atoms with Crippen LogP contribution in [0.4, 0.5) is 0 Å². The molecule has 2 aliphatic rings. The number of hydrogen-bond donors (Lipinski definition) is 1. The van der Waals surface area contributed by atoms with Crippen LogP contribution in [0.15, 0.2) is 12.1 Å². The van der Waals surface area contributed by atoms with Gasteiger partial charge in [-0.15, -0.1) is 0 Å². The van der Waals surface area contributed by atoms with Crippen LogP contribution >= 0.6 is 69.7 Å². The SMILES string of the molecule is C[CH2][Sn][CH2]c1sc2c(c1C)C(SC)(SC)c1c-2c(CO)cc2c3c(c(OC)cc12)-c1s[c]([Sn]([CH3])([CH3])[CH3])c(C)c1C3(SC)SC. The van der Waals surface area contributed by atoms with Crippen molar-refractivity contribution in [3.63, 3.8) is 0 Å². The van der Waals surface area contributed by atoms with E-state index >= 15 is 0 Å². The molecule has 0 spiro atoms. The minimum atomic E-state index is -2.37. The van der Waals surface area contributed by atoms with E-state index in [-0.39, 0.29) is 35.9 Å². The van der Waals surface area contributed by atoms with Gasteiger partial charge >= 0.3 is 307 Å². The van der Waals surface area contributed by atoms with Crippen molar-refractivity contribution in [1.29, 1.82) is 0 Å². The summed E-state index contributed by atoms with van der Waals surface area (Å²) in [5.74, 6) is 0.994. The first-order valence-corrected chi connectivity index (χ1v) is 35.5. The van der Waals surface area contributed by atoms with Gasteiger partial charge in [-0.25, -0.2) is 0 Å². The molecule has 0 atom stereocenters. The van der Waals surface area contributed by atoms with Crippen LogP contribution in [0.1, 0.15) is 50.7 Å². The second-order valence-corrected chi connectivity index (χ2v) is 39.0. The van der Waals surface area contributed by atoms with E-state index in [4.69, 9.17) is 4.74 Å². The quantitative estimate of drug-likeness (QED) is 0.126. The van der Waals surface area contributed by atoms with Gasteiger partial charge in [-0.2, -0.15) is 0 Å². The zero-order valence-corrected chi connectivity index (χ0v) is 38.2. The maximum atomic E-state index is 11.1. The molecular weight excluding hydrogens is 870 g/mol. The summed E-state index contributed by atoms with van der Waals surface area (Å²) in [4.78, 5) is 12.0. The Hall–Kier alpha value is 0.857. The van der Waals surface area contributed by atoms with E-state index in [2.05, 4.69) is 72.7 Å². The van der Waals surface area contributed by atoms with Gasteiger partial charge in [-0.3, -0.25) is 0 Å². The van der Waals surface area contributed by atoms with E-state index < -0.39 is 18.4 Å². The molecule has 0 bridgehead atoms. The Balaban J connectivity index is 1.78. The Kier molecular flexibility index (Phi) is 9.96. The molecule has 0 fully saturated rings. The molecule has 2 aliphatic carbocycles. The number of benzene rings is 2. The summed E-state index contributed by atoms with van der Waals surface area (Å²) in [6.45, 7) is 7.16. The van der Waals surface area contributed by atoms with Gasteiger partial charge in [-0.1, -0.05) is 0 Å². The topological polar surface area (TPSA) is 29.5 Å². The van der Waals surface area contributed by atoms with Crippen molar-refractivity contribution in [3.8, 4) is 26.6 Å². The van der Waals surface area contributed by atoms with Gasteiger partial charge in [0.25, 0.3) is 0 Å².